The van der Waals surface area contributed by atoms with Crippen LogP contribution in [-0.4, -0.2) is 48.5 Å². The molecule has 1 aliphatic heterocycles. The van der Waals surface area contributed by atoms with E-state index in [-0.39, 0.29) is 18.1 Å². The Hall–Kier alpha value is -2.15. The molecule has 1 amide bonds. The SMILES string of the molecule is Cc1cccc(NCC(=O)N2CCNCC2)c1[N+](=O)[O-]. The Bertz CT molecular complexity index is 512. The number of rotatable bonds is 4. The Balaban J connectivity index is 2.02. The second-order valence-corrected chi connectivity index (χ2v) is 4.71. The summed E-state index contributed by atoms with van der Waals surface area (Å²) in [6.45, 7) is 4.69. The molecule has 0 spiro atoms. The molecule has 7 nitrogen and oxygen atoms in total. The van der Waals surface area contributed by atoms with E-state index < -0.39 is 4.92 Å². The van der Waals surface area contributed by atoms with Crippen LogP contribution in [0.15, 0.2) is 18.2 Å². The number of piperazine rings is 1. The first kappa shape index (κ1) is 14.3. The number of carbonyl (C=O) groups excluding carboxylic acids is 1. The van der Waals surface area contributed by atoms with Crippen molar-refractivity contribution < 1.29 is 9.72 Å². The number of nitro benzene ring substituents is 1. The van der Waals surface area contributed by atoms with Gasteiger partial charge in [0.15, 0.2) is 0 Å². The van der Waals surface area contributed by atoms with Crippen molar-refractivity contribution in [2.75, 3.05) is 38.0 Å². The van der Waals surface area contributed by atoms with Gasteiger partial charge < -0.3 is 15.5 Å². The molecule has 0 aliphatic carbocycles. The lowest BCUT2D eigenvalue weighted by Crippen LogP contribution is -2.48. The summed E-state index contributed by atoms with van der Waals surface area (Å²) >= 11 is 0. The predicted molar refractivity (Wildman–Crippen MR) is 75.8 cm³/mol. The molecule has 1 heterocycles. The smallest absolute Gasteiger partial charge is 0.295 e. The van der Waals surface area contributed by atoms with Gasteiger partial charge in [-0.25, -0.2) is 0 Å². The average molecular weight is 278 g/mol. The van der Waals surface area contributed by atoms with Crippen molar-refractivity contribution >= 4 is 17.3 Å². The van der Waals surface area contributed by atoms with Crippen molar-refractivity contribution in [2.45, 2.75) is 6.92 Å². The maximum atomic E-state index is 12.0. The quantitative estimate of drug-likeness (QED) is 0.626. The van der Waals surface area contributed by atoms with Gasteiger partial charge in [0, 0.05) is 31.7 Å². The summed E-state index contributed by atoms with van der Waals surface area (Å²) in [7, 11) is 0. The molecule has 1 saturated heterocycles. The van der Waals surface area contributed by atoms with E-state index in [0.717, 1.165) is 13.1 Å². The summed E-state index contributed by atoms with van der Waals surface area (Å²) in [4.78, 5) is 24.4. The molecular weight excluding hydrogens is 260 g/mol. The highest BCUT2D eigenvalue weighted by atomic mass is 16.6. The number of hydrogen-bond donors (Lipinski definition) is 2. The summed E-state index contributed by atoms with van der Waals surface area (Å²) < 4.78 is 0. The number of aryl methyl sites for hydroxylation is 1. The zero-order valence-corrected chi connectivity index (χ0v) is 11.4. The standard InChI is InChI=1S/C13H18N4O3/c1-10-3-2-4-11(13(10)17(19)20)15-9-12(18)16-7-5-14-6-8-16/h2-4,14-15H,5-9H2,1H3. The lowest BCUT2D eigenvalue weighted by molar-refractivity contribution is -0.384. The fraction of sp³-hybridized carbons (Fsp3) is 0.462. The van der Waals surface area contributed by atoms with Gasteiger partial charge in [0.1, 0.15) is 5.69 Å². The number of amides is 1. The normalized spacial score (nSPS) is 14.9. The molecule has 1 aromatic rings. The van der Waals surface area contributed by atoms with Crippen molar-refractivity contribution in [3.63, 3.8) is 0 Å². The van der Waals surface area contributed by atoms with E-state index in [1.165, 1.54) is 0 Å². The van der Waals surface area contributed by atoms with Crippen LogP contribution < -0.4 is 10.6 Å². The maximum absolute atomic E-state index is 12.0. The number of nitrogens with zero attached hydrogens (tertiary/aromatic N) is 2. The molecular formula is C13H18N4O3. The zero-order chi connectivity index (χ0) is 14.5. The third-order valence-electron chi connectivity index (χ3n) is 3.32. The van der Waals surface area contributed by atoms with Crippen molar-refractivity contribution in [1.82, 2.24) is 10.2 Å². The number of carbonyl (C=O) groups is 1. The third kappa shape index (κ3) is 3.24. The number of para-hydroxylation sites is 1. The molecule has 1 aromatic carbocycles. The Kier molecular flexibility index (Phi) is 4.52. The highest BCUT2D eigenvalue weighted by molar-refractivity contribution is 5.82. The molecule has 0 atom stereocenters. The zero-order valence-electron chi connectivity index (χ0n) is 11.4. The molecule has 1 aliphatic rings. The average Bonchev–Trinajstić information content (AvgIpc) is 2.45. The number of benzene rings is 1. The second-order valence-electron chi connectivity index (χ2n) is 4.71. The van der Waals surface area contributed by atoms with Gasteiger partial charge in [-0.05, 0) is 13.0 Å². The van der Waals surface area contributed by atoms with Gasteiger partial charge in [0.25, 0.3) is 5.69 Å². The van der Waals surface area contributed by atoms with Crippen LogP contribution in [0.2, 0.25) is 0 Å². The van der Waals surface area contributed by atoms with E-state index >= 15 is 0 Å². The van der Waals surface area contributed by atoms with Crippen LogP contribution in [0.25, 0.3) is 0 Å². The van der Waals surface area contributed by atoms with Gasteiger partial charge in [0.05, 0.1) is 11.5 Å². The first-order valence-electron chi connectivity index (χ1n) is 6.56. The van der Waals surface area contributed by atoms with E-state index in [1.54, 1.807) is 30.0 Å². The second kappa shape index (κ2) is 6.33. The minimum atomic E-state index is -0.424. The Morgan fingerprint density at radius 3 is 2.80 bits per heavy atom. The number of hydrogen-bond acceptors (Lipinski definition) is 5. The lowest BCUT2D eigenvalue weighted by atomic mass is 10.1. The molecule has 0 bridgehead atoms. The summed E-state index contributed by atoms with van der Waals surface area (Å²) in [6, 6.07) is 5.04. The van der Waals surface area contributed by atoms with Crippen LogP contribution in [0.3, 0.4) is 0 Å². The van der Waals surface area contributed by atoms with Crippen molar-refractivity contribution in [2.24, 2.45) is 0 Å². The van der Waals surface area contributed by atoms with Gasteiger partial charge in [0.2, 0.25) is 5.91 Å². The van der Waals surface area contributed by atoms with Crippen LogP contribution in [0.5, 0.6) is 0 Å². The van der Waals surface area contributed by atoms with Gasteiger partial charge in [-0.3, -0.25) is 14.9 Å². The van der Waals surface area contributed by atoms with Gasteiger partial charge in [-0.2, -0.15) is 0 Å². The fourth-order valence-corrected chi connectivity index (χ4v) is 2.24. The Morgan fingerprint density at radius 2 is 2.15 bits per heavy atom. The number of anilines is 1. The van der Waals surface area contributed by atoms with Crippen LogP contribution in [-0.2, 0) is 4.79 Å². The van der Waals surface area contributed by atoms with Gasteiger partial charge >= 0.3 is 0 Å². The highest BCUT2D eigenvalue weighted by Crippen LogP contribution is 2.27. The Morgan fingerprint density at radius 1 is 1.45 bits per heavy atom. The van der Waals surface area contributed by atoms with Crippen LogP contribution in [0, 0.1) is 17.0 Å². The van der Waals surface area contributed by atoms with Crippen LogP contribution in [0.1, 0.15) is 5.56 Å². The van der Waals surface area contributed by atoms with E-state index in [1.807, 2.05) is 0 Å². The largest absolute Gasteiger partial charge is 0.371 e. The van der Waals surface area contributed by atoms with Crippen molar-refractivity contribution in [3.8, 4) is 0 Å². The van der Waals surface area contributed by atoms with Crippen LogP contribution in [0.4, 0.5) is 11.4 Å². The maximum Gasteiger partial charge on any atom is 0.295 e. The number of nitrogens with one attached hydrogen (secondary N) is 2. The first-order valence-corrected chi connectivity index (χ1v) is 6.56. The molecule has 20 heavy (non-hydrogen) atoms. The molecule has 0 saturated carbocycles. The molecule has 0 radical (unpaired) electrons. The van der Waals surface area contributed by atoms with Crippen molar-refractivity contribution in [3.05, 3.63) is 33.9 Å². The molecule has 0 unspecified atom stereocenters. The van der Waals surface area contributed by atoms with E-state index in [2.05, 4.69) is 10.6 Å². The lowest BCUT2D eigenvalue weighted by Gasteiger charge is -2.27. The summed E-state index contributed by atoms with van der Waals surface area (Å²) in [5, 5.41) is 17.1. The predicted octanol–water partition coefficient (Wildman–Crippen LogP) is 0.747. The van der Waals surface area contributed by atoms with Gasteiger partial charge in [-0.1, -0.05) is 12.1 Å². The molecule has 7 heteroatoms. The summed E-state index contributed by atoms with van der Waals surface area (Å²) in [5.74, 6) is -0.0395. The molecule has 2 N–H and O–H groups in total. The minimum Gasteiger partial charge on any atom is -0.371 e. The molecule has 0 aromatic heterocycles. The number of nitro groups is 1. The first-order chi connectivity index (χ1) is 9.59. The topological polar surface area (TPSA) is 87.5 Å². The van der Waals surface area contributed by atoms with E-state index in [9.17, 15) is 14.9 Å². The summed E-state index contributed by atoms with van der Waals surface area (Å²) in [5.41, 5.74) is 0.994. The van der Waals surface area contributed by atoms with Crippen LogP contribution >= 0.6 is 0 Å². The van der Waals surface area contributed by atoms with Crippen molar-refractivity contribution in [1.29, 1.82) is 0 Å². The molecule has 2 rings (SSSR count). The Labute approximate surface area is 117 Å². The fourth-order valence-electron chi connectivity index (χ4n) is 2.24. The monoisotopic (exact) mass is 278 g/mol. The van der Waals surface area contributed by atoms with E-state index in [0.29, 0.717) is 24.3 Å². The highest BCUT2D eigenvalue weighted by Gasteiger charge is 2.19. The summed E-state index contributed by atoms with van der Waals surface area (Å²) in [6.07, 6.45) is 0. The van der Waals surface area contributed by atoms with E-state index in [4.69, 9.17) is 0 Å². The van der Waals surface area contributed by atoms with Gasteiger partial charge in [-0.15, -0.1) is 0 Å². The minimum absolute atomic E-state index is 0.0283. The molecule has 108 valence electrons. The third-order valence-corrected chi connectivity index (χ3v) is 3.32. The molecule has 1 fully saturated rings.